The Bertz CT molecular complexity index is 512. The Hall–Kier alpha value is -2.08. The van der Waals surface area contributed by atoms with Crippen LogP contribution in [0.4, 0.5) is 5.69 Å². The van der Waals surface area contributed by atoms with Crippen molar-refractivity contribution in [2.45, 2.75) is 26.3 Å². The highest BCUT2D eigenvalue weighted by Crippen LogP contribution is 2.23. The molecule has 1 aromatic carbocycles. The maximum atomic E-state index is 12.2. The number of rotatable bonds is 6. The fourth-order valence-corrected chi connectivity index (χ4v) is 1.74. The molecule has 6 nitrogen and oxygen atoms in total. The maximum Gasteiger partial charge on any atom is 0.337 e. The molecule has 0 radical (unpaired) electrons. The van der Waals surface area contributed by atoms with Crippen LogP contribution in [0, 0.1) is 0 Å². The van der Waals surface area contributed by atoms with E-state index in [0.717, 1.165) is 0 Å². The molecule has 3 N–H and O–H groups in total. The number of methoxy groups -OCH3 is 1. The van der Waals surface area contributed by atoms with Crippen LogP contribution in [0.15, 0.2) is 18.2 Å². The summed E-state index contributed by atoms with van der Waals surface area (Å²) in [5.74, 6) is -0.939. The molecular weight excluding hydrogens is 260 g/mol. The van der Waals surface area contributed by atoms with Gasteiger partial charge in [0, 0.05) is 6.07 Å². The molecular formula is C14H20N2O4. The SMILES string of the molecule is CCNC(C)(C)C(=O)Nc1cc(OC)ccc1C(=O)O. The number of carboxylic acids is 1. The predicted molar refractivity (Wildman–Crippen MR) is 76.3 cm³/mol. The molecule has 110 valence electrons. The Morgan fingerprint density at radius 2 is 2.00 bits per heavy atom. The standard InChI is InChI=1S/C14H20N2O4/c1-5-15-14(2,3)13(19)16-11-8-9(20-4)6-7-10(11)12(17)18/h6-8,15H,5H2,1-4H3,(H,16,19)(H,17,18). The van der Waals surface area contributed by atoms with Crippen LogP contribution in [0.1, 0.15) is 31.1 Å². The fraction of sp³-hybridized carbons (Fsp3) is 0.429. The zero-order chi connectivity index (χ0) is 15.3. The summed E-state index contributed by atoms with van der Waals surface area (Å²) in [6.07, 6.45) is 0. The Morgan fingerprint density at radius 1 is 1.35 bits per heavy atom. The molecule has 0 aliphatic carbocycles. The lowest BCUT2D eigenvalue weighted by Crippen LogP contribution is -2.49. The van der Waals surface area contributed by atoms with Gasteiger partial charge in [-0.2, -0.15) is 0 Å². The number of carbonyl (C=O) groups is 2. The van der Waals surface area contributed by atoms with Crippen LogP contribution in [0.5, 0.6) is 5.75 Å². The molecule has 1 rings (SSSR count). The Balaban J connectivity index is 3.06. The number of likely N-dealkylation sites (N-methyl/N-ethyl adjacent to an activating group) is 1. The number of anilines is 1. The van der Waals surface area contributed by atoms with Crippen LogP contribution < -0.4 is 15.4 Å². The van der Waals surface area contributed by atoms with Crippen molar-refractivity contribution in [1.82, 2.24) is 5.32 Å². The Kier molecular flexibility index (Phi) is 5.10. The van der Waals surface area contributed by atoms with E-state index in [1.54, 1.807) is 13.8 Å². The van der Waals surface area contributed by atoms with E-state index in [4.69, 9.17) is 9.84 Å². The lowest BCUT2D eigenvalue weighted by atomic mass is 10.0. The fourth-order valence-electron chi connectivity index (χ4n) is 1.74. The molecule has 0 heterocycles. The molecule has 0 aliphatic heterocycles. The van der Waals surface area contributed by atoms with Gasteiger partial charge < -0.3 is 20.5 Å². The first kappa shape index (κ1) is 16.0. The minimum Gasteiger partial charge on any atom is -0.497 e. The number of benzene rings is 1. The summed E-state index contributed by atoms with van der Waals surface area (Å²) >= 11 is 0. The first-order valence-electron chi connectivity index (χ1n) is 6.29. The lowest BCUT2D eigenvalue weighted by molar-refractivity contribution is -0.121. The van der Waals surface area contributed by atoms with Gasteiger partial charge in [-0.05, 0) is 32.5 Å². The van der Waals surface area contributed by atoms with Gasteiger partial charge in [-0.3, -0.25) is 4.79 Å². The van der Waals surface area contributed by atoms with E-state index in [1.165, 1.54) is 25.3 Å². The molecule has 0 aromatic heterocycles. The number of carbonyl (C=O) groups excluding carboxylic acids is 1. The second-order valence-corrected chi connectivity index (χ2v) is 4.83. The van der Waals surface area contributed by atoms with Gasteiger partial charge in [0.2, 0.25) is 5.91 Å². The molecule has 1 aromatic rings. The summed E-state index contributed by atoms with van der Waals surface area (Å²) < 4.78 is 5.04. The summed E-state index contributed by atoms with van der Waals surface area (Å²) in [6.45, 7) is 5.98. The van der Waals surface area contributed by atoms with Crippen LogP contribution in [0.2, 0.25) is 0 Å². The highest BCUT2D eigenvalue weighted by molar-refractivity contribution is 6.03. The van der Waals surface area contributed by atoms with Crippen molar-refractivity contribution in [2.75, 3.05) is 19.0 Å². The number of hydrogen-bond acceptors (Lipinski definition) is 4. The third-order valence-corrected chi connectivity index (χ3v) is 2.89. The first-order chi connectivity index (χ1) is 9.31. The summed E-state index contributed by atoms with van der Waals surface area (Å²) in [7, 11) is 1.48. The molecule has 0 aliphatic rings. The molecule has 0 saturated carbocycles. The molecule has 6 heteroatoms. The molecule has 0 saturated heterocycles. The van der Waals surface area contributed by atoms with Crippen molar-refractivity contribution < 1.29 is 19.4 Å². The van der Waals surface area contributed by atoms with E-state index in [2.05, 4.69) is 10.6 Å². The number of amides is 1. The summed E-state index contributed by atoms with van der Waals surface area (Å²) in [5, 5.41) is 14.8. The zero-order valence-corrected chi connectivity index (χ0v) is 12.1. The van der Waals surface area contributed by atoms with Crippen LogP contribution in [0.25, 0.3) is 0 Å². The second kappa shape index (κ2) is 6.38. The quantitative estimate of drug-likeness (QED) is 0.738. The smallest absolute Gasteiger partial charge is 0.337 e. The van der Waals surface area contributed by atoms with E-state index >= 15 is 0 Å². The monoisotopic (exact) mass is 280 g/mol. The van der Waals surface area contributed by atoms with Gasteiger partial charge in [-0.1, -0.05) is 6.92 Å². The topological polar surface area (TPSA) is 87.7 Å². The molecule has 0 bridgehead atoms. The lowest BCUT2D eigenvalue weighted by Gasteiger charge is -2.25. The van der Waals surface area contributed by atoms with E-state index in [9.17, 15) is 9.59 Å². The van der Waals surface area contributed by atoms with Crippen LogP contribution >= 0.6 is 0 Å². The normalized spacial score (nSPS) is 11.0. The number of carboxylic acid groups (broad SMARTS) is 1. The van der Waals surface area contributed by atoms with Crippen LogP contribution in [-0.4, -0.2) is 36.2 Å². The van der Waals surface area contributed by atoms with Gasteiger partial charge in [0.15, 0.2) is 0 Å². The van der Waals surface area contributed by atoms with Gasteiger partial charge >= 0.3 is 5.97 Å². The summed E-state index contributed by atoms with van der Waals surface area (Å²) in [4.78, 5) is 23.4. The molecule has 0 spiro atoms. The average molecular weight is 280 g/mol. The second-order valence-electron chi connectivity index (χ2n) is 4.83. The van der Waals surface area contributed by atoms with E-state index in [-0.39, 0.29) is 17.2 Å². The summed E-state index contributed by atoms with van der Waals surface area (Å²) in [6, 6.07) is 4.43. The van der Waals surface area contributed by atoms with Crippen LogP contribution in [0.3, 0.4) is 0 Å². The molecule has 0 atom stereocenters. The highest BCUT2D eigenvalue weighted by atomic mass is 16.5. The van der Waals surface area contributed by atoms with Crippen molar-refractivity contribution in [3.8, 4) is 5.75 Å². The Morgan fingerprint density at radius 3 is 2.50 bits per heavy atom. The van der Waals surface area contributed by atoms with Gasteiger partial charge in [-0.15, -0.1) is 0 Å². The van der Waals surface area contributed by atoms with E-state index < -0.39 is 11.5 Å². The van der Waals surface area contributed by atoms with Gasteiger partial charge in [0.05, 0.1) is 23.9 Å². The minimum atomic E-state index is -1.11. The van der Waals surface area contributed by atoms with Crippen molar-refractivity contribution in [3.05, 3.63) is 23.8 Å². The number of hydrogen-bond donors (Lipinski definition) is 3. The largest absolute Gasteiger partial charge is 0.497 e. The minimum absolute atomic E-state index is 0.0199. The van der Waals surface area contributed by atoms with Gasteiger partial charge in [0.25, 0.3) is 0 Å². The van der Waals surface area contributed by atoms with Crippen LogP contribution in [-0.2, 0) is 4.79 Å². The number of aromatic carboxylic acids is 1. The summed E-state index contributed by atoms with van der Waals surface area (Å²) in [5.41, 5.74) is -0.563. The van der Waals surface area contributed by atoms with Crippen molar-refractivity contribution in [1.29, 1.82) is 0 Å². The van der Waals surface area contributed by atoms with Gasteiger partial charge in [0.1, 0.15) is 5.75 Å². The number of ether oxygens (including phenoxy) is 1. The molecule has 0 unspecified atom stereocenters. The van der Waals surface area contributed by atoms with Crippen molar-refractivity contribution in [2.24, 2.45) is 0 Å². The van der Waals surface area contributed by atoms with Gasteiger partial charge in [-0.25, -0.2) is 4.79 Å². The highest BCUT2D eigenvalue weighted by Gasteiger charge is 2.27. The maximum absolute atomic E-state index is 12.2. The average Bonchev–Trinajstić information content (AvgIpc) is 2.38. The third-order valence-electron chi connectivity index (χ3n) is 2.89. The van der Waals surface area contributed by atoms with Crippen molar-refractivity contribution >= 4 is 17.6 Å². The third kappa shape index (κ3) is 3.71. The first-order valence-corrected chi connectivity index (χ1v) is 6.29. The molecule has 20 heavy (non-hydrogen) atoms. The zero-order valence-electron chi connectivity index (χ0n) is 12.1. The predicted octanol–water partition coefficient (Wildman–Crippen LogP) is 1.72. The molecule has 0 fully saturated rings. The Labute approximate surface area is 118 Å². The number of nitrogens with one attached hydrogen (secondary N) is 2. The van der Waals surface area contributed by atoms with E-state index in [1.807, 2.05) is 6.92 Å². The van der Waals surface area contributed by atoms with E-state index in [0.29, 0.717) is 12.3 Å². The molecule has 1 amide bonds. The van der Waals surface area contributed by atoms with Crippen molar-refractivity contribution in [3.63, 3.8) is 0 Å².